The third kappa shape index (κ3) is 4.08. The Hall–Kier alpha value is -0.910. The van der Waals surface area contributed by atoms with Crippen LogP contribution in [0.3, 0.4) is 0 Å². The molecule has 106 valence electrons. The number of esters is 2. The highest BCUT2D eigenvalue weighted by Gasteiger charge is 2.38. The first kappa shape index (κ1) is 17.1. The van der Waals surface area contributed by atoms with Gasteiger partial charge in [0.1, 0.15) is 0 Å². The highest BCUT2D eigenvalue weighted by atomic mass is 31.2. The SMILES string of the molecule is COC(=O)C(CC(C)P(=O)(OC)OC)C(=O)OC. The minimum atomic E-state index is -3.34. The smallest absolute Gasteiger partial charge is 0.332 e. The maximum Gasteiger partial charge on any atom is 0.332 e. The van der Waals surface area contributed by atoms with Gasteiger partial charge in [0.2, 0.25) is 0 Å². The molecular formula is C10H19O7P. The van der Waals surface area contributed by atoms with Crippen molar-refractivity contribution in [3.63, 3.8) is 0 Å². The zero-order valence-corrected chi connectivity index (χ0v) is 12.1. The van der Waals surface area contributed by atoms with Crippen LogP contribution in [-0.2, 0) is 32.7 Å². The Bertz CT molecular complexity index is 317. The van der Waals surface area contributed by atoms with Gasteiger partial charge in [-0.25, -0.2) is 0 Å². The van der Waals surface area contributed by atoms with Crippen LogP contribution in [0.15, 0.2) is 0 Å². The van der Waals surface area contributed by atoms with Gasteiger partial charge >= 0.3 is 19.5 Å². The van der Waals surface area contributed by atoms with Crippen molar-refractivity contribution in [1.82, 2.24) is 0 Å². The first-order valence-electron chi connectivity index (χ1n) is 5.23. The lowest BCUT2D eigenvalue weighted by atomic mass is 10.0. The average molecular weight is 282 g/mol. The predicted octanol–water partition coefficient (Wildman–Crippen LogP) is 1.21. The van der Waals surface area contributed by atoms with Gasteiger partial charge in [0.15, 0.2) is 5.92 Å². The van der Waals surface area contributed by atoms with E-state index in [2.05, 4.69) is 9.47 Å². The quantitative estimate of drug-likeness (QED) is 0.394. The summed E-state index contributed by atoms with van der Waals surface area (Å²) in [6, 6.07) is 0. The molecule has 0 N–H and O–H groups in total. The van der Waals surface area contributed by atoms with Crippen molar-refractivity contribution in [2.45, 2.75) is 19.0 Å². The summed E-state index contributed by atoms with van der Waals surface area (Å²) in [5.41, 5.74) is -0.643. The van der Waals surface area contributed by atoms with Crippen LogP contribution < -0.4 is 0 Å². The van der Waals surface area contributed by atoms with Crippen molar-refractivity contribution >= 4 is 19.5 Å². The van der Waals surface area contributed by atoms with Crippen LogP contribution in [0.2, 0.25) is 0 Å². The molecular weight excluding hydrogens is 263 g/mol. The number of ether oxygens (including phenoxy) is 2. The zero-order valence-electron chi connectivity index (χ0n) is 11.2. The van der Waals surface area contributed by atoms with E-state index in [1.54, 1.807) is 6.92 Å². The lowest BCUT2D eigenvalue weighted by Gasteiger charge is -2.23. The Labute approximate surface area is 106 Å². The number of carbonyl (C=O) groups excluding carboxylic acids is 2. The van der Waals surface area contributed by atoms with Crippen LogP contribution in [0.5, 0.6) is 0 Å². The van der Waals surface area contributed by atoms with E-state index in [0.29, 0.717) is 0 Å². The number of methoxy groups -OCH3 is 2. The number of rotatable bonds is 7. The fourth-order valence-corrected chi connectivity index (χ4v) is 2.82. The Balaban J connectivity index is 4.94. The van der Waals surface area contributed by atoms with Gasteiger partial charge in [-0.3, -0.25) is 14.2 Å². The Kier molecular flexibility index (Phi) is 7.13. The van der Waals surface area contributed by atoms with E-state index in [1.165, 1.54) is 14.2 Å². The summed E-state index contributed by atoms with van der Waals surface area (Å²) in [5, 5.41) is 0. The van der Waals surface area contributed by atoms with E-state index in [0.717, 1.165) is 14.2 Å². The van der Waals surface area contributed by atoms with E-state index in [-0.39, 0.29) is 6.42 Å². The molecule has 1 unspecified atom stereocenters. The number of hydrogen-bond donors (Lipinski definition) is 0. The van der Waals surface area contributed by atoms with E-state index in [9.17, 15) is 14.2 Å². The molecule has 0 aliphatic carbocycles. The average Bonchev–Trinajstić information content (AvgIpc) is 2.41. The number of hydrogen-bond acceptors (Lipinski definition) is 7. The molecule has 7 nitrogen and oxygen atoms in total. The van der Waals surface area contributed by atoms with E-state index in [4.69, 9.17) is 9.05 Å². The van der Waals surface area contributed by atoms with Gasteiger partial charge in [0.05, 0.1) is 19.9 Å². The minimum absolute atomic E-state index is 0.0433. The summed E-state index contributed by atoms with van der Waals surface area (Å²) >= 11 is 0. The van der Waals surface area contributed by atoms with Crippen molar-refractivity contribution in [1.29, 1.82) is 0 Å². The molecule has 0 saturated carbocycles. The van der Waals surface area contributed by atoms with Crippen LogP contribution >= 0.6 is 7.60 Å². The fraction of sp³-hybridized carbons (Fsp3) is 0.800. The molecule has 0 fully saturated rings. The second-order valence-corrected chi connectivity index (χ2v) is 6.28. The molecule has 1 atom stereocenters. The largest absolute Gasteiger partial charge is 0.468 e. The molecule has 0 radical (unpaired) electrons. The zero-order chi connectivity index (χ0) is 14.3. The normalized spacial score (nSPS) is 13.2. The highest BCUT2D eigenvalue weighted by Crippen LogP contribution is 2.53. The lowest BCUT2D eigenvalue weighted by Crippen LogP contribution is -2.29. The van der Waals surface area contributed by atoms with Crippen LogP contribution in [-0.4, -0.2) is 46.0 Å². The van der Waals surface area contributed by atoms with Gasteiger partial charge in [0, 0.05) is 14.2 Å². The molecule has 0 heterocycles. The van der Waals surface area contributed by atoms with Gasteiger partial charge < -0.3 is 18.5 Å². The van der Waals surface area contributed by atoms with E-state index >= 15 is 0 Å². The summed E-state index contributed by atoms with van der Waals surface area (Å²) in [5.74, 6) is -2.63. The fourth-order valence-electron chi connectivity index (χ4n) is 1.48. The molecule has 18 heavy (non-hydrogen) atoms. The van der Waals surface area contributed by atoms with E-state index in [1.807, 2.05) is 0 Å². The maximum atomic E-state index is 12.1. The third-order valence-corrected chi connectivity index (χ3v) is 4.91. The van der Waals surface area contributed by atoms with Gasteiger partial charge in [-0.1, -0.05) is 6.92 Å². The molecule has 0 amide bonds. The Morgan fingerprint density at radius 3 is 1.67 bits per heavy atom. The summed E-state index contributed by atoms with van der Waals surface area (Å²) in [6.07, 6.45) is -0.0433. The summed E-state index contributed by atoms with van der Waals surface area (Å²) in [7, 11) is 1.47. The van der Waals surface area contributed by atoms with E-state index < -0.39 is 31.1 Å². The summed E-state index contributed by atoms with van der Waals surface area (Å²) < 4.78 is 30.7. The first-order valence-corrected chi connectivity index (χ1v) is 6.84. The second kappa shape index (κ2) is 7.51. The maximum absolute atomic E-state index is 12.1. The summed E-state index contributed by atoms with van der Waals surface area (Å²) in [6.45, 7) is 1.56. The Morgan fingerprint density at radius 1 is 1.00 bits per heavy atom. The van der Waals surface area contributed by atoms with Crippen LogP contribution in [0, 0.1) is 5.92 Å². The molecule has 0 aromatic heterocycles. The Morgan fingerprint density at radius 2 is 1.39 bits per heavy atom. The molecule has 0 spiro atoms. The number of carbonyl (C=O) groups is 2. The minimum Gasteiger partial charge on any atom is -0.468 e. The monoisotopic (exact) mass is 282 g/mol. The van der Waals surface area contributed by atoms with Crippen LogP contribution in [0.4, 0.5) is 0 Å². The van der Waals surface area contributed by atoms with Gasteiger partial charge in [0.25, 0.3) is 0 Å². The van der Waals surface area contributed by atoms with Crippen LogP contribution in [0.25, 0.3) is 0 Å². The highest BCUT2D eigenvalue weighted by molar-refractivity contribution is 7.54. The second-order valence-electron chi connectivity index (χ2n) is 3.59. The van der Waals surface area contributed by atoms with Crippen molar-refractivity contribution in [3.8, 4) is 0 Å². The molecule has 8 heteroatoms. The molecule has 0 saturated heterocycles. The summed E-state index contributed by atoms with van der Waals surface area (Å²) in [4.78, 5) is 22.9. The molecule has 0 aliphatic heterocycles. The first-order chi connectivity index (χ1) is 8.36. The molecule has 0 bridgehead atoms. The molecule has 0 aromatic rings. The topological polar surface area (TPSA) is 88.1 Å². The van der Waals surface area contributed by atoms with Gasteiger partial charge in [-0.05, 0) is 6.42 Å². The van der Waals surface area contributed by atoms with Gasteiger partial charge in [-0.2, -0.15) is 0 Å². The van der Waals surface area contributed by atoms with Crippen molar-refractivity contribution in [3.05, 3.63) is 0 Å². The van der Waals surface area contributed by atoms with Crippen molar-refractivity contribution in [2.75, 3.05) is 28.4 Å². The van der Waals surface area contributed by atoms with Crippen molar-refractivity contribution < 1.29 is 32.7 Å². The van der Waals surface area contributed by atoms with Crippen LogP contribution in [0.1, 0.15) is 13.3 Å². The third-order valence-electron chi connectivity index (χ3n) is 2.60. The lowest BCUT2D eigenvalue weighted by molar-refractivity contribution is -0.159. The van der Waals surface area contributed by atoms with Gasteiger partial charge in [-0.15, -0.1) is 0 Å². The molecule has 0 aliphatic rings. The predicted molar refractivity (Wildman–Crippen MR) is 63.2 cm³/mol. The standard InChI is InChI=1S/C10H19O7P/c1-7(18(13,16-4)17-5)6-8(9(11)14-2)10(12)15-3/h7-8H,6H2,1-5H3. The molecule has 0 aromatic carbocycles. The molecule has 0 rings (SSSR count). The van der Waals surface area contributed by atoms with Crippen molar-refractivity contribution in [2.24, 2.45) is 5.92 Å².